The van der Waals surface area contributed by atoms with Crippen molar-refractivity contribution in [1.29, 1.82) is 0 Å². The third-order valence-electron chi connectivity index (χ3n) is 10.6. The molecule has 1 saturated heterocycles. The number of imide groups is 1. The molecule has 6 rings (SSSR count). The summed E-state index contributed by atoms with van der Waals surface area (Å²) in [6.07, 6.45) is 1.83. The second kappa shape index (κ2) is 23.7. The predicted molar refractivity (Wildman–Crippen MR) is 238 cm³/mol. The quantitative estimate of drug-likeness (QED) is 0.0328. The standard InChI is InChI=1S/C43H54N12O11/c1-54(24-27-23-48-38-36(49-27)37(44)52-43(45)53-38)28-7-5-26(6-8-28)39(58)50-32(42(61)62)9-11-34(56)47-14-16-64-18-20-66-22-21-65-19-17-63-15-13-46-31-4-2-3-29-30(31)25-55(41(29)60)33-10-12-35(57)51-40(33)59/h2-8,23,32-33,46H,9-22,24-25H2,1H3,(H,47,56)(H,50,58)(H,61,62)(H,51,57,59)(H4,44,45,48,52,53)/t32-,33?/m0/s1. The number of nitrogens with zero attached hydrogens (tertiary/aromatic N) is 6. The molecule has 0 saturated carbocycles. The second-order valence-electron chi connectivity index (χ2n) is 15.3. The van der Waals surface area contributed by atoms with Crippen molar-refractivity contribution in [3.05, 3.63) is 71.0 Å². The molecule has 2 aromatic heterocycles. The van der Waals surface area contributed by atoms with Gasteiger partial charge in [-0.25, -0.2) is 14.8 Å². The Morgan fingerprint density at radius 3 is 2.27 bits per heavy atom. The number of amides is 5. The van der Waals surface area contributed by atoms with Crippen molar-refractivity contribution in [3.63, 3.8) is 0 Å². The number of aliphatic carboxylic acids is 1. The van der Waals surface area contributed by atoms with Crippen LogP contribution in [0.15, 0.2) is 48.7 Å². The first-order chi connectivity index (χ1) is 31.9. The van der Waals surface area contributed by atoms with Crippen molar-refractivity contribution in [2.75, 3.05) is 94.7 Å². The van der Waals surface area contributed by atoms with Gasteiger partial charge in [-0.15, -0.1) is 0 Å². The van der Waals surface area contributed by atoms with E-state index >= 15 is 0 Å². The molecule has 1 fully saturated rings. The topological polar surface area (TPSA) is 318 Å². The summed E-state index contributed by atoms with van der Waals surface area (Å²) in [4.78, 5) is 94.2. The Labute approximate surface area is 379 Å². The third-order valence-corrected chi connectivity index (χ3v) is 10.6. The van der Waals surface area contributed by atoms with Crippen LogP contribution in [-0.2, 0) is 51.2 Å². The molecule has 0 bridgehead atoms. The Hall–Kier alpha value is -7.08. The second-order valence-corrected chi connectivity index (χ2v) is 15.3. The van der Waals surface area contributed by atoms with Gasteiger partial charge in [0.05, 0.1) is 71.3 Å². The fourth-order valence-corrected chi connectivity index (χ4v) is 7.16. The van der Waals surface area contributed by atoms with E-state index in [1.165, 1.54) is 4.90 Å². The van der Waals surface area contributed by atoms with Crippen molar-refractivity contribution in [3.8, 4) is 0 Å². The first-order valence-electron chi connectivity index (χ1n) is 21.4. The monoisotopic (exact) mass is 914 g/mol. The predicted octanol–water partition coefficient (Wildman–Crippen LogP) is 0.240. The maximum Gasteiger partial charge on any atom is 0.326 e. The van der Waals surface area contributed by atoms with Crippen LogP contribution in [0.4, 0.5) is 23.1 Å². The van der Waals surface area contributed by atoms with E-state index < -0.39 is 29.9 Å². The van der Waals surface area contributed by atoms with Crippen molar-refractivity contribution in [2.45, 2.75) is 50.9 Å². The highest BCUT2D eigenvalue weighted by Crippen LogP contribution is 2.32. The van der Waals surface area contributed by atoms with Crippen LogP contribution >= 0.6 is 0 Å². The van der Waals surface area contributed by atoms with E-state index in [0.717, 1.165) is 16.9 Å². The minimum absolute atomic E-state index is 0.00386. The molecule has 2 aromatic carbocycles. The van der Waals surface area contributed by atoms with E-state index in [-0.39, 0.29) is 79.7 Å². The molecular weight excluding hydrogens is 861 g/mol. The number of carbonyl (C=O) groups is 6. The summed E-state index contributed by atoms with van der Waals surface area (Å²) in [7, 11) is 1.83. The number of piperidine rings is 1. The number of nitrogen functional groups attached to an aromatic ring is 2. The Morgan fingerprint density at radius 2 is 1.59 bits per heavy atom. The first kappa shape index (κ1) is 48.4. The molecule has 0 radical (unpaired) electrons. The molecule has 4 heterocycles. The molecule has 66 heavy (non-hydrogen) atoms. The number of nitrogens with one attached hydrogen (secondary N) is 4. The fourth-order valence-electron chi connectivity index (χ4n) is 7.16. The molecule has 2 atom stereocenters. The van der Waals surface area contributed by atoms with Gasteiger partial charge in [-0.1, -0.05) is 6.07 Å². The van der Waals surface area contributed by atoms with Crippen LogP contribution in [0.5, 0.6) is 0 Å². The average molecular weight is 915 g/mol. The first-order valence-corrected chi connectivity index (χ1v) is 21.4. The lowest BCUT2D eigenvalue weighted by Gasteiger charge is -2.29. The van der Waals surface area contributed by atoms with Gasteiger partial charge in [0.15, 0.2) is 17.0 Å². The fraction of sp³-hybridized carbons (Fsp3) is 0.442. The lowest BCUT2D eigenvalue weighted by molar-refractivity contribution is -0.140. The Morgan fingerprint density at radius 1 is 0.909 bits per heavy atom. The van der Waals surface area contributed by atoms with E-state index in [9.17, 15) is 33.9 Å². The molecule has 23 nitrogen and oxygen atoms in total. The highest BCUT2D eigenvalue weighted by atomic mass is 16.6. The summed E-state index contributed by atoms with van der Waals surface area (Å²) in [5, 5.41) is 20.5. The number of rotatable bonds is 26. The molecule has 1 unspecified atom stereocenters. The van der Waals surface area contributed by atoms with E-state index in [1.807, 2.05) is 18.0 Å². The number of ether oxygens (including phenoxy) is 4. The van der Waals surface area contributed by atoms with Gasteiger partial charge in [0.2, 0.25) is 23.7 Å². The van der Waals surface area contributed by atoms with Gasteiger partial charge in [0.1, 0.15) is 12.1 Å². The Kier molecular flexibility index (Phi) is 17.4. The van der Waals surface area contributed by atoms with E-state index in [4.69, 9.17) is 30.4 Å². The number of carboxylic acids is 1. The molecule has 0 aliphatic carbocycles. The van der Waals surface area contributed by atoms with Crippen LogP contribution in [0.3, 0.4) is 0 Å². The number of aromatic nitrogens is 4. The van der Waals surface area contributed by atoms with Gasteiger partial charge in [-0.05, 0) is 49.2 Å². The zero-order valence-corrected chi connectivity index (χ0v) is 36.5. The zero-order valence-electron chi connectivity index (χ0n) is 36.5. The van der Waals surface area contributed by atoms with Crippen molar-refractivity contribution >= 4 is 69.8 Å². The molecule has 0 spiro atoms. The molecular formula is C43H54N12O11. The molecule has 23 heteroatoms. The van der Waals surface area contributed by atoms with Gasteiger partial charge < -0.3 is 61.3 Å². The largest absolute Gasteiger partial charge is 0.480 e. The number of carbonyl (C=O) groups excluding carboxylic acids is 5. The van der Waals surface area contributed by atoms with Crippen LogP contribution < -0.4 is 37.6 Å². The summed E-state index contributed by atoms with van der Waals surface area (Å²) in [6.45, 7) is 4.06. The van der Waals surface area contributed by atoms with Crippen molar-refractivity contribution in [2.24, 2.45) is 0 Å². The lowest BCUT2D eigenvalue weighted by atomic mass is 10.0. The SMILES string of the molecule is CN(Cc1cnc2nc(N)nc(N)c2n1)c1ccc(C(=O)N[C@@H](CCC(=O)NCCOCCOCCOCCOCCNc2cccc3c2CN(C2CCC(=O)NC2=O)C3=O)C(=O)O)cc1. The summed E-state index contributed by atoms with van der Waals surface area (Å²) >= 11 is 0. The number of hydrogen-bond acceptors (Lipinski definition) is 18. The Balaban J connectivity index is 0.753. The summed E-state index contributed by atoms with van der Waals surface area (Å²) in [5.41, 5.74) is 15.9. The number of anilines is 4. The summed E-state index contributed by atoms with van der Waals surface area (Å²) in [6, 6.07) is 10.0. The van der Waals surface area contributed by atoms with Gasteiger partial charge in [-0.3, -0.25) is 29.3 Å². The smallest absolute Gasteiger partial charge is 0.326 e. The maximum atomic E-state index is 13.0. The number of fused-ring (bicyclic) bond motifs is 2. The van der Waals surface area contributed by atoms with E-state index in [1.54, 1.807) is 42.6 Å². The lowest BCUT2D eigenvalue weighted by Crippen LogP contribution is -2.52. The molecule has 2 aliphatic rings. The zero-order chi connectivity index (χ0) is 47.0. The normalized spacial score (nSPS) is 15.0. The van der Waals surface area contributed by atoms with Crippen LogP contribution in [-0.4, -0.2) is 151 Å². The summed E-state index contributed by atoms with van der Waals surface area (Å²) in [5.74, 6) is -3.11. The average Bonchev–Trinajstić information content (AvgIpc) is 3.63. The van der Waals surface area contributed by atoms with Gasteiger partial charge in [0.25, 0.3) is 11.8 Å². The highest BCUT2D eigenvalue weighted by Gasteiger charge is 2.39. The van der Waals surface area contributed by atoms with Crippen LogP contribution in [0, 0.1) is 0 Å². The number of carboxylic acid groups (broad SMARTS) is 1. The van der Waals surface area contributed by atoms with E-state index in [0.29, 0.717) is 82.5 Å². The number of hydrogen-bond donors (Lipinski definition) is 7. The van der Waals surface area contributed by atoms with Crippen LogP contribution in [0.1, 0.15) is 57.7 Å². The van der Waals surface area contributed by atoms with Crippen molar-refractivity contribution < 1.29 is 52.8 Å². The number of benzene rings is 2. The number of nitrogens with two attached hydrogens (primary N) is 2. The molecule has 9 N–H and O–H groups in total. The molecule has 5 amide bonds. The third kappa shape index (κ3) is 13.5. The molecule has 2 aliphatic heterocycles. The summed E-state index contributed by atoms with van der Waals surface area (Å²) < 4.78 is 22.2. The minimum atomic E-state index is -1.28. The van der Waals surface area contributed by atoms with Gasteiger partial charge in [-0.2, -0.15) is 9.97 Å². The van der Waals surface area contributed by atoms with Gasteiger partial charge >= 0.3 is 5.97 Å². The van der Waals surface area contributed by atoms with E-state index in [2.05, 4.69) is 41.2 Å². The van der Waals surface area contributed by atoms with Crippen LogP contribution in [0.25, 0.3) is 11.2 Å². The Bertz CT molecular complexity index is 2370. The van der Waals surface area contributed by atoms with Crippen LogP contribution in [0.2, 0.25) is 0 Å². The van der Waals surface area contributed by atoms with Gasteiger partial charge in [0, 0.05) is 67.6 Å². The van der Waals surface area contributed by atoms with Crippen molar-refractivity contribution in [1.82, 2.24) is 40.8 Å². The highest BCUT2D eigenvalue weighted by molar-refractivity contribution is 6.06. The minimum Gasteiger partial charge on any atom is -0.480 e. The molecule has 4 aromatic rings. The maximum absolute atomic E-state index is 13.0. The molecule has 352 valence electrons.